The molecule has 0 unspecified atom stereocenters. The Kier molecular flexibility index (Phi) is 4.69. The van der Waals surface area contributed by atoms with Gasteiger partial charge in [0.25, 0.3) is 0 Å². The number of carbonyl (C=O) groups excluding carboxylic acids is 2. The van der Waals surface area contributed by atoms with Gasteiger partial charge in [-0.05, 0) is 30.2 Å². The van der Waals surface area contributed by atoms with E-state index in [9.17, 15) is 9.59 Å². The van der Waals surface area contributed by atoms with Gasteiger partial charge in [0.1, 0.15) is 0 Å². The van der Waals surface area contributed by atoms with Crippen LogP contribution in [0.2, 0.25) is 0 Å². The Labute approximate surface area is 149 Å². The zero-order valence-corrected chi connectivity index (χ0v) is 15.3. The molecule has 1 aromatic carbocycles. The van der Waals surface area contributed by atoms with Gasteiger partial charge in [-0.1, -0.05) is 26.0 Å². The van der Waals surface area contributed by atoms with Crippen LogP contribution in [0.25, 0.3) is 6.08 Å². The fraction of sp³-hybridized carbons (Fsp3) is 0.500. The SMILES string of the molecule is CC(=O)Nc1ccc(/C=C/C(=O)N(C)[C@@H]2[C@H]3CCO[C@@H]3C2(C)C)cc1. The second kappa shape index (κ2) is 6.64. The van der Waals surface area contributed by atoms with Crippen molar-refractivity contribution in [1.82, 2.24) is 4.90 Å². The number of carbonyl (C=O) groups is 2. The van der Waals surface area contributed by atoms with E-state index in [1.165, 1.54) is 6.92 Å². The quantitative estimate of drug-likeness (QED) is 0.856. The van der Waals surface area contributed by atoms with Gasteiger partial charge in [0, 0.05) is 49.7 Å². The predicted octanol–water partition coefficient (Wildman–Crippen LogP) is 2.93. The van der Waals surface area contributed by atoms with Crippen molar-refractivity contribution >= 4 is 23.6 Å². The third-order valence-corrected chi connectivity index (χ3v) is 5.45. The lowest BCUT2D eigenvalue weighted by atomic mass is 9.57. The number of amides is 2. The maximum atomic E-state index is 12.6. The topological polar surface area (TPSA) is 58.6 Å². The number of likely N-dealkylation sites (N-methyl/N-ethyl adjacent to an activating group) is 1. The van der Waals surface area contributed by atoms with Gasteiger partial charge in [-0.15, -0.1) is 0 Å². The highest BCUT2D eigenvalue weighted by molar-refractivity contribution is 5.92. The third-order valence-electron chi connectivity index (χ3n) is 5.45. The molecule has 2 amide bonds. The van der Waals surface area contributed by atoms with E-state index in [4.69, 9.17) is 4.74 Å². The lowest BCUT2D eigenvalue weighted by Crippen LogP contribution is -2.66. The molecule has 0 spiro atoms. The van der Waals surface area contributed by atoms with Crippen LogP contribution in [0.5, 0.6) is 0 Å². The summed E-state index contributed by atoms with van der Waals surface area (Å²) in [5, 5.41) is 2.73. The highest BCUT2D eigenvalue weighted by atomic mass is 16.5. The summed E-state index contributed by atoms with van der Waals surface area (Å²) >= 11 is 0. The van der Waals surface area contributed by atoms with Crippen molar-refractivity contribution < 1.29 is 14.3 Å². The second-order valence-electron chi connectivity index (χ2n) is 7.60. The molecule has 25 heavy (non-hydrogen) atoms. The van der Waals surface area contributed by atoms with E-state index in [0.29, 0.717) is 5.92 Å². The smallest absolute Gasteiger partial charge is 0.246 e. The number of nitrogens with zero attached hydrogens (tertiary/aromatic N) is 1. The maximum Gasteiger partial charge on any atom is 0.246 e. The number of ether oxygens (including phenoxy) is 1. The minimum Gasteiger partial charge on any atom is -0.377 e. The maximum absolute atomic E-state index is 12.6. The highest BCUT2D eigenvalue weighted by Gasteiger charge is 2.61. The molecule has 1 N–H and O–H groups in total. The largest absolute Gasteiger partial charge is 0.377 e. The van der Waals surface area contributed by atoms with E-state index in [0.717, 1.165) is 24.3 Å². The van der Waals surface area contributed by atoms with Gasteiger partial charge in [-0.3, -0.25) is 9.59 Å². The number of hydrogen-bond acceptors (Lipinski definition) is 3. The molecular weight excluding hydrogens is 316 g/mol. The normalized spacial score (nSPS) is 26.8. The van der Waals surface area contributed by atoms with Gasteiger partial charge in [-0.25, -0.2) is 0 Å². The van der Waals surface area contributed by atoms with Crippen molar-refractivity contribution in [3.05, 3.63) is 35.9 Å². The molecule has 134 valence electrons. The van der Waals surface area contributed by atoms with E-state index in [-0.39, 0.29) is 29.4 Å². The van der Waals surface area contributed by atoms with Crippen molar-refractivity contribution in [2.75, 3.05) is 19.0 Å². The zero-order chi connectivity index (χ0) is 18.2. The average molecular weight is 342 g/mol. The lowest BCUT2D eigenvalue weighted by Gasteiger charge is -2.57. The van der Waals surface area contributed by atoms with Gasteiger partial charge in [0.15, 0.2) is 0 Å². The van der Waals surface area contributed by atoms with Crippen molar-refractivity contribution in [2.24, 2.45) is 11.3 Å². The van der Waals surface area contributed by atoms with Gasteiger partial charge < -0.3 is 15.0 Å². The Morgan fingerprint density at radius 2 is 1.96 bits per heavy atom. The van der Waals surface area contributed by atoms with Crippen molar-refractivity contribution in [2.45, 2.75) is 39.3 Å². The summed E-state index contributed by atoms with van der Waals surface area (Å²) < 4.78 is 5.81. The Morgan fingerprint density at radius 1 is 1.28 bits per heavy atom. The number of benzene rings is 1. The molecule has 5 heteroatoms. The fourth-order valence-corrected chi connectivity index (χ4v) is 4.39. The molecule has 2 fully saturated rings. The first-order chi connectivity index (χ1) is 11.8. The van der Waals surface area contributed by atoms with Crippen LogP contribution in [-0.4, -0.2) is 42.5 Å². The summed E-state index contributed by atoms with van der Waals surface area (Å²) in [7, 11) is 1.88. The third kappa shape index (κ3) is 3.33. The average Bonchev–Trinajstić information content (AvgIpc) is 2.99. The molecule has 5 nitrogen and oxygen atoms in total. The molecule has 1 aliphatic carbocycles. The van der Waals surface area contributed by atoms with Crippen LogP contribution in [0.15, 0.2) is 30.3 Å². The molecule has 1 aliphatic heterocycles. The second-order valence-corrected chi connectivity index (χ2v) is 7.60. The van der Waals surface area contributed by atoms with Crippen molar-refractivity contribution in [1.29, 1.82) is 0 Å². The minimum atomic E-state index is -0.0996. The van der Waals surface area contributed by atoms with Crippen LogP contribution in [0.1, 0.15) is 32.8 Å². The zero-order valence-electron chi connectivity index (χ0n) is 15.3. The molecule has 3 rings (SSSR count). The summed E-state index contributed by atoms with van der Waals surface area (Å²) in [6, 6.07) is 7.63. The van der Waals surface area contributed by atoms with Crippen molar-refractivity contribution in [3.8, 4) is 0 Å². The standard InChI is InChI=1S/C20H26N2O3/c1-13(23)21-15-8-5-14(6-9-15)7-10-17(24)22(4)18-16-11-12-25-19(16)20(18,2)3/h5-10,16,18-19H,11-12H2,1-4H3,(H,21,23)/b10-7+/t16-,18-,19+/m1/s1. The van der Waals surface area contributed by atoms with Crippen LogP contribution >= 0.6 is 0 Å². The Hall–Kier alpha value is -2.14. The Morgan fingerprint density at radius 3 is 2.60 bits per heavy atom. The molecule has 0 bridgehead atoms. The van der Waals surface area contributed by atoms with E-state index in [2.05, 4.69) is 19.2 Å². The molecule has 3 atom stereocenters. The molecule has 1 heterocycles. The highest BCUT2D eigenvalue weighted by Crippen LogP contribution is 2.54. The van der Waals surface area contributed by atoms with Crippen LogP contribution < -0.4 is 5.32 Å². The number of fused-ring (bicyclic) bond motifs is 1. The van der Waals surface area contributed by atoms with Gasteiger partial charge in [-0.2, -0.15) is 0 Å². The summed E-state index contributed by atoms with van der Waals surface area (Å²) in [5.74, 6) is 0.362. The van der Waals surface area contributed by atoms with Crippen LogP contribution in [0.4, 0.5) is 5.69 Å². The van der Waals surface area contributed by atoms with Crippen LogP contribution in [0.3, 0.4) is 0 Å². The van der Waals surface area contributed by atoms with E-state index >= 15 is 0 Å². The molecule has 0 aromatic heterocycles. The summed E-state index contributed by atoms with van der Waals surface area (Å²) in [6.45, 7) is 6.63. The van der Waals surface area contributed by atoms with E-state index < -0.39 is 0 Å². The lowest BCUT2D eigenvalue weighted by molar-refractivity contribution is -0.163. The summed E-state index contributed by atoms with van der Waals surface area (Å²) in [4.78, 5) is 25.5. The number of hydrogen-bond donors (Lipinski definition) is 1. The Balaban J connectivity index is 1.63. The molecular formula is C20H26N2O3. The Bertz CT molecular complexity index is 693. The monoisotopic (exact) mass is 342 g/mol. The first-order valence-corrected chi connectivity index (χ1v) is 8.75. The fourth-order valence-electron chi connectivity index (χ4n) is 4.39. The minimum absolute atomic E-state index is 0.000571. The molecule has 2 aliphatic rings. The van der Waals surface area contributed by atoms with Gasteiger partial charge >= 0.3 is 0 Å². The van der Waals surface area contributed by atoms with E-state index in [1.807, 2.05) is 42.3 Å². The number of nitrogens with one attached hydrogen (secondary N) is 1. The van der Waals surface area contributed by atoms with E-state index in [1.54, 1.807) is 6.08 Å². The van der Waals surface area contributed by atoms with Crippen LogP contribution in [0, 0.1) is 11.3 Å². The number of anilines is 1. The van der Waals surface area contributed by atoms with Crippen molar-refractivity contribution in [3.63, 3.8) is 0 Å². The molecule has 1 saturated carbocycles. The predicted molar refractivity (Wildman–Crippen MR) is 98.0 cm³/mol. The van der Waals surface area contributed by atoms with Gasteiger partial charge in [0.2, 0.25) is 11.8 Å². The summed E-state index contributed by atoms with van der Waals surface area (Å²) in [6.07, 6.45) is 4.74. The van der Waals surface area contributed by atoms with Crippen LogP contribution in [-0.2, 0) is 14.3 Å². The molecule has 1 aromatic rings. The number of rotatable bonds is 4. The first kappa shape index (κ1) is 17.7. The molecule has 0 radical (unpaired) electrons. The summed E-state index contributed by atoms with van der Waals surface area (Å²) in [5.41, 5.74) is 1.67. The first-order valence-electron chi connectivity index (χ1n) is 8.75. The van der Waals surface area contributed by atoms with Gasteiger partial charge in [0.05, 0.1) is 6.10 Å². The molecule has 1 saturated heterocycles.